The van der Waals surface area contributed by atoms with E-state index < -0.39 is 0 Å². The van der Waals surface area contributed by atoms with Crippen molar-refractivity contribution in [3.63, 3.8) is 0 Å². The molecule has 0 amide bonds. The molecule has 0 saturated heterocycles. The molecule has 0 heterocycles. The van der Waals surface area contributed by atoms with Gasteiger partial charge in [-0.3, -0.25) is 0 Å². The highest BCUT2D eigenvalue weighted by atomic mass is 14.2. The monoisotopic (exact) mass is 126 g/mol. The molecule has 1 rings (SSSR count). The van der Waals surface area contributed by atoms with Crippen molar-refractivity contribution in [3.8, 4) is 0 Å². The number of rotatable bonds is 1. The van der Waals surface area contributed by atoms with Crippen LogP contribution >= 0.6 is 0 Å². The summed E-state index contributed by atoms with van der Waals surface area (Å²) in [5.74, 6) is 2.08. The molecule has 0 bridgehead atoms. The van der Waals surface area contributed by atoms with E-state index in [0.717, 1.165) is 11.8 Å². The molecule has 2 atom stereocenters. The molecule has 0 aromatic heterocycles. The van der Waals surface area contributed by atoms with Gasteiger partial charge in [0.1, 0.15) is 0 Å². The predicted octanol–water partition coefficient (Wildman–Crippen LogP) is 3.22. The molecule has 0 radical (unpaired) electrons. The summed E-state index contributed by atoms with van der Waals surface area (Å²) in [6, 6.07) is 0. The molecular weight excluding hydrogens is 108 g/mol. The molecule has 0 nitrogen and oxygen atoms in total. The van der Waals surface area contributed by atoms with Crippen LogP contribution < -0.4 is 0 Å². The quantitative estimate of drug-likeness (QED) is 0.506. The first-order chi connectivity index (χ1) is 4.33. The second kappa shape index (κ2) is 3.24. The van der Waals surface area contributed by atoms with Crippen LogP contribution in [-0.4, -0.2) is 0 Å². The first-order valence-electron chi connectivity index (χ1n) is 4.33. The lowest BCUT2D eigenvalue weighted by Crippen LogP contribution is -2.11. The Bertz CT molecular complexity index is 76.1. The van der Waals surface area contributed by atoms with Gasteiger partial charge >= 0.3 is 0 Å². The van der Waals surface area contributed by atoms with Gasteiger partial charge in [-0.15, -0.1) is 0 Å². The first-order valence-corrected chi connectivity index (χ1v) is 4.33. The summed E-state index contributed by atoms with van der Waals surface area (Å²) in [6.45, 7) is 4.71. The van der Waals surface area contributed by atoms with E-state index in [1.807, 2.05) is 0 Å². The molecule has 54 valence electrons. The van der Waals surface area contributed by atoms with Crippen molar-refractivity contribution in [1.82, 2.24) is 0 Å². The molecule has 9 heavy (non-hydrogen) atoms. The molecule has 0 unspecified atom stereocenters. The SMILES string of the molecule is CC[C@@H]1CCC[C@H](C)C1. The van der Waals surface area contributed by atoms with Gasteiger partial charge in [-0.05, 0) is 18.3 Å². The molecule has 1 saturated carbocycles. The highest BCUT2D eigenvalue weighted by molar-refractivity contribution is 4.68. The van der Waals surface area contributed by atoms with Crippen molar-refractivity contribution < 1.29 is 0 Å². The van der Waals surface area contributed by atoms with E-state index in [9.17, 15) is 0 Å². The Morgan fingerprint density at radius 3 is 2.56 bits per heavy atom. The lowest BCUT2D eigenvalue weighted by Gasteiger charge is -2.25. The second-order valence-electron chi connectivity index (χ2n) is 3.55. The van der Waals surface area contributed by atoms with Crippen molar-refractivity contribution in [2.24, 2.45) is 11.8 Å². The Morgan fingerprint density at radius 2 is 2.11 bits per heavy atom. The normalized spacial score (nSPS) is 36.7. The maximum atomic E-state index is 2.39. The first kappa shape index (κ1) is 7.11. The van der Waals surface area contributed by atoms with Gasteiger partial charge in [-0.2, -0.15) is 0 Å². The van der Waals surface area contributed by atoms with Crippen LogP contribution in [0, 0.1) is 11.8 Å². The van der Waals surface area contributed by atoms with Crippen LogP contribution in [0.25, 0.3) is 0 Å². The van der Waals surface area contributed by atoms with Gasteiger partial charge in [-0.25, -0.2) is 0 Å². The Balaban J connectivity index is 2.23. The molecule has 0 aromatic carbocycles. The molecule has 0 aromatic rings. The Hall–Kier alpha value is 0. The maximum Gasteiger partial charge on any atom is -0.0414 e. The molecule has 0 heteroatoms. The van der Waals surface area contributed by atoms with Gasteiger partial charge in [0.2, 0.25) is 0 Å². The van der Waals surface area contributed by atoms with Crippen LogP contribution in [0.3, 0.4) is 0 Å². The number of hydrogen-bond acceptors (Lipinski definition) is 0. The third kappa shape index (κ3) is 2.00. The van der Waals surface area contributed by atoms with Gasteiger partial charge < -0.3 is 0 Å². The second-order valence-corrected chi connectivity index (χ2v) is 3.55. The van der Waals surface area contributed by atoms with Gasteiger partial charge in [0.25, 0.3) is 0 Å². The van der Waals surface area contributed by atoms with Crippen LogP contribution in [0.15, 0.2) is 0 Å². The maximum absolute atomic E-state index is 2.39. The highest BCUT2D eigenvalue weighted by Gasteiger charge is 2.16. The lowest BCUT2D eigenvalue weighted by molar-refractivity contribution is 0.276. The molecule has 1 aliphatic rings. The van der Waals surface area contributed by atoms with E-state index >= 15 is 0 Å². The summed E-state index contributed by atoms with van der Waals surface area (Å²) in [7, 11) is 0. The number of hydrogen-bond donors (Lipinski definition) is 0. The average molecular weight is 126 g/mol. The van der Waals surface area contributed by atoms with Crippen LogP contribution in [0.5, 0.6) is 0 Å². The molecule has 1 fully saturated rings. The van der Waals surface area contributed by atoms with E-state index in [-0.39, 0.29) is 0 Å². The fraction of sp³-hybridized carbons (Fsp3) is 1.00. The Labute approximate surface area is 58.7 Å². The summed E-state index contributed by atoms with van der Waals surface area (Å²) in [5, 5.41) is 0. The van der Waals surface area contributed by atoms with Gasteiger partial charge in [0, 0.05) is 0 Å². The van der Waals surface area contributed by atoms with Gasteiger partial charge in [0.15, 0.2) is 0 Å². The summed E-state index contributed by atoms with van der Waals surface area (Å²) in [4.78, 5) is 0. The van der Waals surface area contributed by atoms with Crippen LogP contribution in [0.2, 0.25) is 0 Å². The minimum atomic E-state index is 1.02. The average Bonchev–Trinajstić information content (AvgIpc) is 1.88. The van der Waals surface area contributed by atoms with Crippen LogP contribution in [-0.2, 0) is 0 Å². The molecular formula is C9H18. The largest absolute Gasteiger partial charge is 0.0651 e. The third-order valence-electron chi connectivity index (χ3n) is 2.62. The van der Waals surface area contributed by atoms with Crippen molar-refractivity contribution in [2.45, 2.75) is 46.0 Å². The van der Waals surface area contributed by atoms with Gasteiger partial charge in [-0.1, -0.05) is 39.5 Å². The molecule has 0 aliphatic heterocycles. The predicted molar refractivity (Wildman–Crippen MR) is 41.4 cm³/mol. The summed E-state index contributed by atoms with van der Waals surface area (Å²) in [5.41, 5.74) is 0. The van der Waals surface area contributed by atoms with E-state index in [4.69, 9.17) is 0 Å². The lowest BCUT2D eigenvalue weighted by atomic mass is 9.81. The Morgan fingerprint density at radius 1 is 1.33 bits per heavy atom. The van der Waals surface area contributed by atoms with E-state index in [2.05, 4.69) is 13.8 Å². The minimum absolute atomic E-state index is 1.02. The zero-order chi connectivity index (χ0) is 6.69. The van der Waals surface area contributed by atoms with E-state index in [1.54, 1.807) is 0 Å². The fourth-order valence-corrected chi connectivity index (χ4v) is 1.93. The fourth-order valence-electron chi connectivity index (χ4n) is 1.93. The van der Waals surface area contributed by atoms with E-state index in [0.29, 0.717) is 0 Å². The minimum Gasteiger partial charge on any atom is -0.0651 e. The molecule has 0 spiro atoms. The van der Waals surface area contributed by atoms with E-state index in [1.165, 1.54) is 32.1 Å². The standard InChI is InChI=1S/C9H18/c1-3-9-6-4-5-8(2)7-9/h8-9H,3-7H2,1-2H3/t8-,9+/m0/s1. The Kier molecular flexibility index (Phi) is 2.56. The van der Waals surface area contributed by atoms with Crippen molar-refractivity contribution in [1.29, 1.82) is 0 Å². The van der Waals surface area contributed by atoms with Crippen LogP contribution in [0.4, 0.5) is 0 Å². The summed E-state index contributed by atoms with van der Waals surface area (Å²) < 4.78 is 0. The topological polar surface area (TPSA) is 0 Å². The van der Waals surface area contributed by atoms with Crippen molar-refractivity contribution in [3.05, 3.63) is 0 Å². The zero-order valence-corrected chi connectivity index (χ0v) is 6.69. The molecule has 0 N–H and O–H groups in total. The highest BCUT2D eigenvalue weighted by Crippen LogP contribution is 2.29. The third-order valence-corrected chi connectivity index (χ3v) is 2.62. The zero-order valence-electron chi connectivity index (χ0n) is 6.69. The van der Waals surface area contributed by atoms with Crippen LogP contribution in [0.1, 0.15) is 46.0 Å². The smallest absolute Gasteiger partial charge is 0.0414 e. The summed E-state index contributed by atoms with van der Waals surface area (Å²) >= 11 is 0. The molecule has 1 aliphatic carbocycles. The summed E-state index contributed by atoms with van der Waals surface area (Å²) in [6.07, 6.45) is 7.37. The van der Waals surface area contributed by atoms with Gasteiger partial charge in [0.05, 0.1) is 0 Å². The van der Waals surface area contributed by atoms with Crippen molar-refractivity contribution in [2.75, 3.05) is 0 Å². The van der Waals surface area contributed by atoms with Crippen molar-refractivity contribution >= 4 is 0 Å².